The molecular formula is C58H37F3N2. The molecule has 12 rings (SSSR count). The van der Waals surface area contributed by atoms with E-state index in [1.165, 1.54) is 49.2 Å². The van der Waals surface area contributed by atoms with Crippen LogP contribution in [0.25, 0.3) is 110 Å². The largest absolute Gasteiger partial charge is 0.416 e. The van der Waals surface area contributed by atoms with Crippen LogP contribution in [0.2, 0.25) is 0 Å². The number of hydrogen-bond acceptors (Lipinski definition) is 0. The zero-order valence-electron chi connectivity index (χ0n) is 34.2. The number of nitrogens with zero attached hydrogens (tertiary/aromatic N) is 2. The van der Waals surface area contributed by atoms with Crippen molar-refractivity contribution < 1.29 is 13.2 Å². The Bertz CT molecular complexity index is 3700. The summed E-state index contributed by atoms with van der Waals surface area (Å²) in [6.45, 7) is 2.06. The predicted octanol–water partition coefficient (Wildman–Crippen LogP) is 16.5. The van der Waals surface area contributed by atoms with E-state index in [1.807, 2.05) is 6.07 Å². The zero-order valence-corrected chi connectivity index (χ0v) is 34.2. The first-order valence-electron chi connectivity index (χ1n) is 21.2. The topological polar surface area (TPSA) is 9.86 Å². The molecule has 0 saturated carbocycles. The Balaban J connectivity index is 0.974. The van der Waals surface area contributed by atoms with Gasteiger partial charge in [0.15, 0.2) is 0 Å². The van der Waals surface area contributed by atoms with E-state index < -0.39 is 11.7 Å². The number of aryl methyl sites for hydroxylation is 1. The van der Waals surface area contributed by atoms with Crippen molar-refractivity contribution in [3.05, 3.63) is 217 Å². The Morgan fingerprint density at radius 1 is 0.317 bits per heavy atom. The second-order valence-corrected chi connectivity index (χ2v) is 16.5. The molecule has 5 heteroatoms. The SMILES string of the molecule is Cc1ccc2c(c1)c1cc(-c3ccc4c(c3)c3ccccc3n4-c3ccc(-c4c5ccccc5c(-c5ccccc5)c5ccccc45)cc3)ccc1n2-c1ccc(C(F)(F)F)cc1. The highest BCUT2D eigenvalue weighted by Crippen LogP contribution is 2.45. The van der Waals surface area contributed by atoms with Gasteiger partial charge in [0.2, 0.25) is 0 Å². The normalized spacial score (nSPS) is 12.1. The van der Waals surface area contributed by atoms with Crippen LogP contribution in [0.15, 0.2) is 206 Å². The maximum Gasteiger partial charge on any atom is 0.416 e. The monoisotopic (exact) mass is 818 g/mol. The molecule has 0 saturated heterocycles. The molecule has 12 aromatic rings. The second-order valence-electron chi connectivity index (χ2n) is 16.5. The third-order valence-corrected chi connectivity index (χ3v) is 12.8. The summed E-state index contributed by atoms with van der Waals surface area (Å²) in [5.41, 5.74) is 13.4. The summed E-state index contributed by atoms with van der Waals surface area (Å²) in [6, 6.07) is 70.6. The fraction of sp³-hybridized carbons (Fsp3) is 0.0345. The van der Waals surface area contributed by atoms with Crippen molar-refractivity contribution in [3.8, 4) is 44.8 Å². The molecule has 0 amide bonds. The maximum atomic E-state index is 13.5. The third kappa shape index (κ3) is 5.88. The average Bonchev–Trinajstić information content (AvgIpc) is 3.82. The Hall–Kier alpha value is -7.89. The van der Waals surface area contributed by atoms with Crippen LogP contribution in [0.1, 0.15) is 11.1 Å². The number of fused-ring (bicyclic) bond motifs is 8. The first-order valence-corrected chi connectivity index (χ1v) is 21.2. The highest BCUT2D eigenvalue weighted by atomic mass is 19.4. The minimum Gasteiger partial charge on any atom is -0.309 e. The molecule has 0 unspecified atom stereocenters. The van der Waals surface area contributed by atoms with E-state index >= 15 is 0 Å². The number of para-hydroxylation sites is 1. The smallest absolute Gasteiger partial charge is 0.309 e. The summed E-state index contributed by atoms with van der Waals surface area (Å²) in [5, 5.41) is 9.35. The molecule has 0 aliphatic carbocycles. The molecule has 0 radical (unpaired) electrons. The van der Waals surface area contributed by atoms with E-state index in [2.05, 4.69) is 192 Å². The van der Waals surface area contributed by atoms with Crippen LogP contribution < -0.4 is 0 Å². The summed E-state index contributed by atoms with van der Waals surface area (Å²) in [7, 11) is 0. The molecule has 0 fully saturated rings. The fourth-order valence-electron chi connectivity index (χ4n) is 9.96. The Labute approximate surface area is 361 Å². The number of rotatable bonds is 5. The van der Waals surface area contributed by atoms with E-state index in [4.69, 9.17) is 0 Å². The quantitative estimate of drug-likeness (QED) is 0.153. The highest BCUT2D eigenvalue weighted by molar-refractivity contribution is 6.21. The number of halogens is 3. The molecule has 2 heterocycles. The van der Waals surface area contributed by atoms with Gasteiger partial charge in [-0.2, -0.15) is 13.2 Å². The van der Waals surface area contributed by atoms with Crippen LogP contribution in [0.3, 0.4) is 0 Å². The predicted molar refractivity (Wildman–Crippen MR) is 256 cm³/mol. The van der Waals surface area contributed by atoms with Gasteiger partial charge in [-0.25, -0.2) is 0 Å². The summed E-state index contributed by atoms with van der Waals surface area (Å²) in [4.78, 5) is 0. The molecule has 0 bridgehead atoms. The van der Waals surface area contributed by atoms with Crippen LogP contribution in [0.4, 0.5) is 13.2 Å². The standard InChI is InChI=1S/C58H37F3N2/c1-36-19-30-53-49(33-36)51-35-40(23-32-55(51)63(53)43-28-24-41(25-29-43)58(59,60)61)39-22-31-54-50(34-39)44-13-9-10-18-52(44)62(54)42-26-20-38(21-27-42)57-47-16-7-5-14-45(47)56(37-11-3-2-4-12-37)46-15-6-8-17-48(46)57/h2-35H,1H3. The second kappa shape index (κ2) is 14.1. The van der Waals surface area contributed by atoms with Crippen molar-refractivity contribution in [2.45, 2.75) is 13.1 Å². The Kier molecular flexibility index (Phi) is 8.25. The lowest BCUT2D eigenvalue weighted by molar-refractivity contribution is -0.137. The van der Waals surface area contributed by atoms with Gasteiger partial charge in [-0.1, -0.05) is 133 Å². The minimum absolute atomic E-state index is 0.661. The molecular weight excluding hydrogens is 782 g/mol. The van der Waals surface area contributed by atoms with E-state index in [1.54, 1.807) is 12.1 Å². The van der Waals surface area contributed by atoms with Gasteiger partial charge in [0.25, 0.3) is 0 Å². The molecule has 2 aromatic heterocycles. The van der Waals surface area contributed by atoms with Crippen LogP contribution in [0, 0.1) is 6.92 Å². The van der Waals surface area contributed by atoms with Gasteiger partial charge in [0, 0.05) is 32.9 Å². The molecule has 0 aliphatic heterocycles. The number of alkyl halides is 3. The van der Waals surface area contributed by atoms with E-state index in [9.17, 15) is 13.2 Å². The molecule has 10 aromatic carbocycles. The van der Waals surface area contributed by atoms with E-state index in [0.29, 0.717) is 5.69 Å². The third-order valence-electron chi connectivity index (χ3n) is 12.8. The Morgan fingerprint density at radius 2 is 0.698 bits per heavy atom. The molecule has 0 N–H and O–H groups in total. The van der Waals surface area contributed by atoms with Gasteiger partial charge in [0.1, 0.15) is 0 Å². The lowest BCUT2D eigenvalue weighted by Gasteiger charge is -2.18. The van der Waals surface area contributed by atoms with Crippen LogP contribution >= 0.6 is 0 Å². The molecule has 63 heavy (non-hydrogen) atoms. The van der Waals surface area contributed by atoms with Gasteiger partial charge >= 0.3 is 6.18 Å². The minimum atomic E-state index is -4.40. The number of hydrogen-bond donors (Lipinski definition) is 0. The first kappa shape index (κ1) is 36.9. The van der Waals surface area contributed by atoms with Crippen molar-refractivity contribution in [1.29, 1.82) is 0 Å². The van der Waals surface area contributed by atoms with Gasteiger partial charge < -0.3 is 9.13 Å². The lowest BCUT2D eigenvalue weighted by Crippen LogP contribution is -2.05. The van der Waals surface area contributed by atoms with E-state index in [-0.39, 0.29) is 0 Å². The molecule has 300 valence electrons. The lowest BCUT2D eigenvalue weighted by atomic mass is 9.86. The first-order chi connectivity index (χ1) is 30.8. The maximum absolute atomic E-state index is 13.5. The molecule has 0 atom stereocenters. The fourth-order valence-corrected chi connectivity index (χ4v) is 9.96. The van der Waals surface area contributed by atoms with Crippen molar-refractivity contribution >= 4 is 65.2 Å². The summed E-state index contributed by atoms with van der Waals surface area (Å²) in [6.07, 6.45) is -4.40. The van der Waals surface area contributed by atoms with Crippen LogP contribution in [-0.2, 0) is 6.18 Å². The van der Waals surface area contributed by atoms with Gasteiger partial charge in [0.05, 0.1) is 27.6 Å². The van der Waals surface area contributed by atoms with Crippen LogP contribution in [-0.4, -0.2) is 9.13 Å². The molecule has 0 aliphatic rings. The van der Waals surface area contributed by atoms with Crippen molar-refractivity contribution in [2.75, 3.05) is 0 Å². The van der Waals surface area contributed by atoms with Crippen molar-refractivity contribution in [2.24, 2.45) is 0 Å². The highest BCUT2D eigenvalue weighted by Gasteiger charge is 2.30. The molecule has 0 spiro atoms. The van der Waals surface area contributed by atoms with Gasteiger partial charge in [-0.3, -0.25) is 0 Å². The van der Waals surface area contributed by atoms with Gasteiger partial charge in [-0.05, 0) is 141 Å². The summed E-state index contributed by atoms with van der Waals surface area (Å²) in [5.74, 6) is 0. The number of aromatic nitrogens is 2. The Morgan fingerprint density at radius 3 is 1.22 bits per heavy atom. The summed E-state index contributed by atoms with van der Waals surface area (Å²) < 4.78 is 44.9. The van der Waals surface area contributed by atoms with Crippen molar-refractivity contribution in [3.63, 3.8) is 0 Å². The van der Waals surface area contributed by atoms with E-state index in [0.717, 1.165) is 72.7 Å². The summed E-state index contributed by atoms with van der Waals surface area (Å²) >= 11 is 0. The van der Waals surface area contributed by atoms with Crippen LogP contribution in [0.5, 0.6) is 0 Å². The average molecular weight is 819 g/mol. The van der Waals surface area contributed by atoms with Crippen molar-refractivity contribution in [1.82, 2.24) is 9.13 Å². The van der Waals surface area contributed by atoms with Gasteiger partial charge in [-0.15, -0.1) is 0 Å². The zero-order chi connectivity index (χ0) is 42.4. The number of benzene rings is 10. The molecule has 2 nitrogen and oxygen atoms in total.